The van der Waals surface area contributed by atoms with Gasteiger partial charge in [-0.1, -0.05) is 19.1 Å². The Morgan fingerprint density at radius 2 is 1.70 bits per heavy atom. The molecule has 2 aromatic rings. The molecule has 0 atom stereocenters. The van der Waals surface area contributed by atoms with Crippen LogP contribution in [0, 0.1) is 0 Å². The van der Waals surface area contributed by atoms with Crippen molar-refractivity contribution in [3.05, 3.63) is 53.7 Å². The van der Waals surface area contributed by atoms with E-state index in [2.05, 4.69) is 49.5 Å². The number of pyridine rings is 1. The van der Waals surface area contributed by atoms with Crippen LogP contribution in [-0.2, 0) is 13.1 Å². The number of nitrogens with one attached hydrogen (secondary N) is 2. The number of hydrogen-bond acceptors (Lipinski definition) is 5. The van der Waals surface area contributed by atoms with Crippen molar-refractivity contribution in [3.8, 4) is 5.75 Å². The topological polar surface area (TPSA) is 65.0 Å². The van der Waals surface area contributed by atoms with E-state index in [-0.39, 0.29) is 24.0 Å². The summed E-state index contributed by atoms with van der Waals surface area (Å²) < 4.78 is 5.20. The number of nitrogens with zero attached hydrogens (tertiary/aromatic N) is 4. The Labute approximate surface area is 196 Å². The summed E-state index contributed by atoms with van der Waals surface area (Å²) in [5.74, 6) is 2.69. The van der Waals surface area contributed by atoms with Gasteiger partial charge < -0.3 is 25.2 Å². The molecule has 0 saturated carbocycles. The lowest BCUT2D eigenvalue weighted by Crippen LogP contribution is -2.46. The molecule has 0 bridgehead atoms. The number of ether oxygens (including phenoxy) is 1. The van der Waals surface area contributed by atoms with Crippen molar-refractivity contribution in [1.82, 2.24) is 20.5 Å². The van der Waals surface area contributed by atoms with Gasteiger partial charge in [0.25, 0.3) is 0 Å². The summed E-state index contributed by atoms with van der Waals surface area (Å²) in [4.78, 5) is 13.7. The average Bonchev–Trinajstić information content (AvgIpc) is 2.80. The van der Waals surface area contributed by atoms with Crippen LogP contribution in [0.2, 0.25) is 0 Å². The van der Waals surface area contributed by atoms with Gasteiger partial charge in [0.05, 0.1) is 7.11 Å². The van der Waals surface area contributed by atoms with Gasteiger partial charge >= 0.3 is 0 Å². The molecule has 8 heteroatoms. The van der Waals surface area contributed by atoms with Gasteiger partial charge in [-0.25, -0.2) is 4.98 Å². The number of anilines is 1. The Kier molecular flexibility index (Phi) is 10.2. The van der Waals surface area contributed by atoms with E-state index in [1.807, 2.05) is 30.5 Å². The van der Waals surface area contributed by atoms with Crippen LogP contribution in [0.1, 0.15) is 18.1 Å². The molecule has 1 saturated heterocycles. The van der Waals surface area contributed by atoms with Gasteiger partial charge in [-0.2, -0.15) is 0 Å². The molecule has 7 nitrogen and oxygen atoms in total. The highest BCUT2D eigenvalue weighted by Crippen LogP contribution is 2.15. The zero-order valence-corrected chi connectivity index (χ0v) is 20.4. The summed E-state index contributed by atoms with van der Waals surface area (Å²) in [5, 5.41) is 6.73. The number of aliphatic imine (C=N–C) groups is 1. The van der Waals surface area contributed by atoms with Gasteiger partial charge in [-0.3, -0.25) is 4.99 Å². The van der Waals surface area contributed by atoms with Crippen molar-refractivity contribution in [3.63, 3.8) is 0 Å². The van der Waals surface area contributed by atoms with Crippen LogP contribution >= 0.6 is 24.0 Å². The van der Waals surface area contributed by atoms with Gasteiger partial charge in [-0.15, -0.1) is 24.0 Å². The number of likely N-dealkylation sites (N-methyl/N-ethyl adjacent to an activating group) is 1. The van der Waals surface area contributed by atoms with E-state index in [4.69, 9.17) is 4.74 Å². The highest BCUT2D eigenvalue weighted by molar-refractivity contribution is 14.0. The number of rotatable bonds is 7. The highest BCUT2D eigenvalue weighted by atomic mass is 127. The normalized spacial score (nSPS) is 14.8. The summed E-state index contributed by atoms with van der Waals surface area (Å²) in [6, 6.07) is 12.2. The smallest absolute Gasteiger partial charge is 0.191 e. The first-order valence-corrected chi connectivity index (χ1v) is 10.2. The SMILES string of the molecule is CCN1CCN(c2cc(CNC(=NC)NCc3ccc(OC)cc3)ccn2)CC1.I. The number of piperazine rings is 1. The first-order chi connectivity index (χ1) is 14.2. The molecule has 0 radical (unpaired) electrons. The van der Waals surface area contributed by atoms with Crippen molar-refractivity contribution in [1.29, 1.82) is 0 Å². The van der Waals surface area contributed by atoms with Crippen molar-refractivity contribution < 1.29 is 4.74 Å². The minimum Gasteiger partial charge on any atom is -0.497 e. The Bertz CT molecular complexity index is 790. The van der Waals surface area contributed by atoms with E-state index in [9.17, 15) is 0 Å². The van der Waals surface area contributed by atoms with Crippen molar-refractivity contribution >= 4 is 35.8 Å². The van der Waals surface area contributed by atoms with Crippen LogP contribution in [0.15, 0.2) is 47.6 Å². The summed E-state index contributed by atoms with van der Waals surface area (Å²) in [6.45, 7) is 9.00. The number of aromatic nitrogens is 1. The predicted molar refractivity (Wildman–Crippen MR) is 134 cm³/mol. The zero-order chi connectivity index (χ0) is 20.5. The third-order valence-electron chi connectivity index (χ3n) is 5.26. The minimum absolute atomic E-state index is 0. The molecular weight excluding hydrogens is 491 g/mol. The monoisotopic (exact) mass is 524 g/mol. The van der Waals surface area contributed by atoms with Gasteiger partial charge in [-0.05, 0) is 41.9 Å². The van der Waals surface area contributed by atoms with Crippen LogP contribution in [0.4, 0.5) is 5.82 Å². The standard InChI is InChI=1S/C22H32N6O.HI/c1-4-27-11-13-28(14-12-27)21-15-19(9-10-24-21)17-26-22(23-2)25-16-18-5-7-20(29-3)8-6-18;/h5-10,15H,4,11-14,16-17H2,1-3H3,(H2,23,25,26);1H. The summed E-state index contributed by atoms with van der Waals surface area (Å²) in [6.07, 6.45) is 1.89. The molecule has 3 rings (SSSR count). The van der Waals surface area contributed by atoms with Crippen LogP contribution in [0.5, 0.6) is 5.75 Å². The lowest BCUT2D eigenvalue weighted by molar-refractivity contribution is 0.270. The fourth-order valence-corrected chi connectivity index (χ4v) is 3.37. The van der Waals surface area contributed by atoms with E-state index < -0.39 is 0 Å². The molecule has 1 aliphatic rings. The first-order valence-electron chi connectivity index (χ1n) is 10.2. The fraction of sp³-hybridized carbons (Fsp3) is 0.455. The minimum atomic E-state index is 0. The van der Waals surface area contributed by atoms with E-state index in [1.165, 1.54) is 11.1 Å². The molecule has 0 spiro atoms. The fourth-order valence-electron chi connectivity index (χ4n) is 3.37. The highest BCUT2D eigenvalue weighted by Gasteiger charge is 2.16. The summed E-state index contributed by atoms with van der Waals surface area (Å²) >= 11 is 0. The molecule has 0 aliphatic carbocycles. The van der Waals surface area contributed by atoms with E-state index in [1.54, 1.807) is 14.2 Å². The number of benzene rings is 1. The molecule has 1 aromatic carbocycles. The van der Waals surface area contributed by atoms with Gasteiger partial charge in [0.2, 0.25) is 0 Å². The van der Waals surface area contributed by atoms with Crippen LogP contribution in [0.25, 0.3) is 0 Å². The van der Waals surface area contributed by atoms with E-state index >= 15 is 0 Å². The third-order valence-corrected chi connectivity index (χ3v) is 5.26. The second kappa shape index (κ2) is 12.6. The van der Waals surface area contributed by atoms with E-state index in [0.29, 0.717) is 13.1 Å². The van der Waals surface area contributed by atoms with Crippen molar-refractivity contribution in [2.24, 2.45) is 4.99 Å². The number of halogens is 1. The third kappa shape index (κ3) is 7.02. The van der Waals surface area contributed by atoms with Crippen LogP contribution < -0.4 is 20.3 Å². The largest absolute Gasteiger partial charge is 0.497 e. The zero-order valence-electron chi connectivity index (χ0n) is 18.1. The Morgan fingerprint density at radius 3 is 2.30 bits per heavy atom. The Balaban J connectivity index is 0.00000320. The molecule has 0 unspecified atom stereocenters. The Hall–Kier alpha value is -2.07. The molecule has 30 heavy (non-hydrogen) atoms. The quantitative estimate of drug-likeness (QED) is 0.330. The molecule has 2 N–H and O–H groups in total. The number of guanidine groups is 1. The van der Waals surface area contributed by atoms with Crippen molar-refractivity contribution in [2.45, 2.75) is 20.0 Å². The van der Waals surface area contributed by atoms with E-state index in [0.717, 1.165) is 50.3 Å². The molecule has 0 amide bonds. The maximum atomic E-state index is 5.20. The Morgan fingerprint density at radius 1 is 1.03 bits per heavy atom. The van der Waals surface area contributed by atoms with Crippen LogP contribution in [0.3, 0.4) is 0 Å². The van der Waals surface area contributed by atoms with Gasteiger partial charge in [0.15, 0.2) is 5.96 Å². The van der Waals surface area contributed by atoms with Crippen LogP contribution in [-0.4, -0.2) is 62.7 Å². The molecule has 164 valence electrons. The number of hydrogen-bond donors (Lipinski definition) is 2. The molecule has 1 aromatic heterocycles. The molecule has 1 fully saturated rings. The predicted octanol–water partition coefficient (Wildman–Crippen LogP) is 2.72. The van der Waals surface area contributed by atoms with Crippen molar-refractivity contribution in [2.75, 3.05) is 51.8 Å². The lowest BCUT2D eigenvalue weighted by atomic mass is 10.2. The summed E-state index contributed by atoms with van der Waals surface area (Å²) in [5.41, 5.74) is 2.37. The average molecular weight is 524 g/mol. The maximum absolute atomic E-state index is 5.20. The second-order valence-electron chi connectivity index (χ2n) is 7.07. The lowest BCUT2D eigenvalue weighted by Gasteiger charge is -2.34. The molecular formula is C22H33IN6O. The maximum Gasteiger partial charge on any atom is 0.191 e. The first kappa shape index (κ1) is 24.2. The second-order valence-corrected chi connectivity index (χ2v) is 7.07. The molecule has 1 aliphatic heterocycles. The molecule has 2 heterocycles. The van der Waals surface area contributed by atoms with Gasteiger partial charge in [0, 0.05) is 52.5 Å². The number of methoxy groups -OCH3 is 1. The summed E-state index contributed by atoms with van der Waals surface area (Å²) in [7, 11) is 3.46. The van der Waals surface area contributed by atoms with Gasteiger partial charge in [0.1, 0.15) is 11.6 Å².